The Morgan fingerprint density at radius 2 is 1.54 bits per heavy atom. The smallest absolute Gasteiger partial charge is 0.372 e. The Labute approximate surface area is 148 Å². The molecule has 0 fully saturated rings. The second kappa shape index (κ2) is 6.79. The van der Waals surface area contributed by atoms with Crippen LogP contribution in [0.15, 0.2) is 45.6 Å². The first-order valence-electron chi connectivity index (χ1n) is 7.61. The molecule has 0 saturated carbocycles. The third-order valence-electron chi connectivity index (χ3n) is 3.99. The van der Waals surface area contributed by atoms with Gasteiger partial charge in [-0.05, 0) is 23.8 Å². The first kappa shape index (κ1) is 17.3. The topological polar surface area (TPSA) is 95.2 Å². The highest BCUT2D eigenvalue weighted by Gasteiger charge is 2.23. The van der Waals surface area contributed by atoms with Gasteiger partial charge in [-0.25, -0.2) is 9.59 Å². The Balaban J connectivity index is 2.45. The largest absolute Gasteiger partial charge is 0.493 e. The Kier molecular flexibility index (Phi) is 4.53. The van der Waals surface area contributed by atoms with Gasteiger partial charge in [0.2, 0.25) is 11.5 Å². The summed E-state index contributed by atoms with van der Waals surface area (Å²) in [6, 6.07) is 9.85. The van der Waals surface area contributed by atoms with E-state index in [1.807, 2.05) is 0 Å². The lowest BCUT2D eigenvalue weighted by Crippen LogP contribution is -2.09. The number of carbonyl (C=O) groups is 1. The fourth-order valence-electron chi connectivity index (χ4n) is 2.86. The number of hydrogen-bond donors (Lipinski definition) is 1. The predicted octanol–water partition coefficient (Wildman–Crippen LogP) is 3.18. The molecule has 7 nitrogen and oxygen atoms in total. The number of carboxylic acid groups (broad SMARTS) is 1. The number of methoxy groups -OCH3 is 3. The second-order valence-electron chi connectivity index (χ2n) is 5.36. The minimum absolute atomic E-state index is 0.256. The van der Waals surface area contributed by atoms with E-state index in [0.717, 1.165) is 0 Å². The minimum Gasteiger partial charge on any atom is -0.493 e. The van der Waals surface area contributed by atoms with Crippen molar-refractivity contribution in [3.63, 3.8) is 0 Å². The van der Waals surface area contributed by atoms with Crippen molar-refractivity contribution < 1.29 is 28.5 Å². The Bertz CT molecular complexity index is 1020. The van der Waals surface area contributed by atoms with E-state index in [9.17, 15) is 14.7 Å². The SMILES string of the molecule is COc1cc(-c2c(C(=O)O)oc(=O)c3ccccc23)cc(OC)c1OC. The normalized spacial score (nSPS) is 10.6. The molecule has 3 aromatic rings. The van der Waals surface area contributed by atoms with Gasteiger partial charge >= 0.3 is 11.6 Å². The zero-order valence-corrected chi connectivity index (χ0v) is 14.4. The monoisotopic (exact) mass is 356 g/mol. The lowest BCUT2D eigenvalue weighted by molar-refractivity contribution is 0.0659. The molecule has 0 bridgehead atoms. The number of rotatable bonds is 5. The van der Waals surface area contributed by atoms with Gasteiger partial charge in [0.1, 0.15) is 0 Å². The van der Waals surface area contributed by atoms with Crippen molar-refractivity contribution in [3.05, 3.63) is 52.6 Å². The fourth-order valence-corrected chi connectivity index (χ4v) is 2.86. The summed E-state index contributed by atoms with van der Waals surface area (Å²) in [4.78, 5) is 23.8. The van der Waals surface area contributed by atoms with Crippen LogP contribution < -0.4 is 19.8 Å². The number of aromatic carboxylic acids is 1. The molecule has 1 aromatic heterocycles. The molecule has 1 heterocycles. The highest BCUT2D eigenvalue weighted by atomic mass is 16.5. The van der Waals surface area contributed by atoms with Gasteiger partial charge in [0, 0.05) is 10.9 Å². The summed E-state index contributed by atoms with van der Waals surface area (Å²) in [5.74, 6) is -0.723. The number of hydrogen-bond acceptors (Lipinski definition) is 6. The highest BCUT2D eigenvalue weighted by Crippen LogP contribution is 2.43. The number of ether oxygens (including phenoxy) is 3. The zero-order chi connectivity index (χ0) is 18.8. The van der Waals surface area contributed by atoms with Crippen LogP contribution in [0.25, 0.3) is 21.9 Å². The molecule has 0 radical (unpaired) electrons. The van der Waals surface area contributed by atoms with Gasteiger partial charge in [0.05, 0.1) is 26.7 Å². The highest BCUT2D eigenvalue weighted by molar-refractivity contribution is 6.05. The molecule has 0 saturated heterocycles. The van der Waals surface area contributed by atoms with E-state index in [4.69, 9.17) is 18.6 Å². The van der Waals surface area contributed by atoms with Crippen LogP contribution >= 0.6 is 0 Å². The molecule has 0 aliphatic carbocycles. The van der Waals surface area contributed by atoms with Crippen LogP contribution in [-0.2, 0) is 0 Å². The van der Waals surface area contributed by atoms with Gasteiger partial charge in [-0.2, -0.15) is 0 Å². The van der Waals surface area contributed by atoms with Gasteiger partial charge in [0.25, 0.3) is 0 Å². The molecule has 1 N–H and O–H groups in total. The first-order chi connectivity index (χ1) is 12.5. The maximum atomic E-state index is 12.1. The van der Waals surface area contributed by atoms with Crippen molar-refractivity contribution in [3.8, 4) is 28.4 Å². The number of fused-ring (bicyclic) bond motifs is 1. The predicted molar refractivity (Wildman–Crippen MR) is 94.5 cm³/mol. The van der Waals surface area contributed by atoms with Crippen molar-refractivity contribution in [1.29, 1.82) is 0 Å². The second-order valence-corrected chi connectivity index (χ2v) is 5.36. The summed E-state index contributed by atoms with van der Waals surface area (Å²) < 4.78 is 21.0. The van der Waals surface area contributed by atoms with Crippen molar-refractivity contribution in [1.82, 2.24) is 0 Å². The van der Waals surface area contributed by atoms with Gasteiger partial charge in [-0.1, -0.05) is 18.2 Å². The lowest BCUT2D eigenvalue weighted by atomic mass is 9.97. The van der Waals surface area contributed by atoms with E-state index in [0.29, 0.717) is 28.2 Å². The summed E-state index contributed by atoms with van der Waals surface area (Å²) in [7, 11) is 4.39. The minimum atomic E-state index is -1.35. The molecule has 0 aliphatic heterocycles. The molecule has 0 amide bonds. The fraction of sp³-hybridized carbons (Fsp3) is 0.158. The molecule has 0 atom stereocenters. The standard InChI is InChI=1S/C19H16O7/c1-23-13-8-10(9-14(24-2)16(13)25-3)15-11-6-4-5-7-12(11)19(22)26-17(15)18(20)21/h4-9H,1-3H3,(H,20,21). The summed E-state index contributed by atoms with van der Waals surface area (Å²) in [5, 5.41) is 10.3. The third-order valence-corrected chi connectivity index (χ3v) is 3.99. The van der Waals surface area contributed by atoms with Crippen LogP contribution in [0.5, 0.6) is 17.2 Å². The summed E-state index contributed by atoms with van der Waals surface area (Å²) >= 11 is 0. The number of carboxylic acids is 1. The average Bonchev–Trinajstić information content (AvgIpc) is 2.66. The van der Waals surface area contributed by atoms with Crippen molar-refractivity contribution in [2.45, 2.75) is 0 Å². The zero-order valence-electron chi connectivity index (χ0n) is 14.4. The molecule has 134 valence electrons. The Hall–Kier alpha value is -3.48. The van der Waals surface area contributed by atoms with E-state index >= 15 is 0 Å². The molecule has 0 spiro atoms. The van der Waals surface area contributed by atoms with Gasteiger partial charge < -0.3 is 23.7 Å². The molecule has 2 aromatic carbocycles. The van der Waals surface area contributed by atoms with E-state index in [2.05, 4.69) is 0 Å². The quantitative estimate of drug-likeness (QED) is 0.750. The molecular weight excluding hydrogens is 340 g/mol. The molecular formula is C19H16O7. The van der Waals surface area contributed by atoms with E-state index in [1.165, 1.54) is 21.3 Å². The molecule has 3 rings (SSSR count). The molecule has 26 heavy (non-hydrogen) atoms. The maximum absolute atomic E-state index is 12.1. The van der Waals surface area contributed by atoms with Crippen LogP contribution in [0.1, 0.15) is 10.6 Å². The first-order valence-corrected chi connectivity index (χ1v) is 7.61. The summed E-state index contributed by atoms with van der Waals surface area (Å²) in [5.41, 5.74) is -0.00186. The van der Waals surface area contributed by atoms with Crippen molar-refractivity contribution in [2.24, 2.45) is 0 Å². The Morgan fingerprint density at radius 3 is 2.04 bits per heavy atom. The average molecular weight is 356 g/mol. The van der Waals surface area contributed by atoms with Gasteiger partial charge in [-0.15, -0.1) is 0 Å². The van der Waals surface area contributed by atoms with Crippen molar-refractivity contribution in [2.75, 3.05) is 21.3 Å². The number of benzene rings is 2. The van der Waals surface area contributed by atoms with Gasteiger partial charge in [-0.3, -0.25) is 0 Å². The van der Waals surface area contributed by atoms with Crippen LogP contribution in [-0.4, -0.2) is 32.4 Å². The van der Waals surface area contributed by atoms with Gasteiger partial charge in [0.15, 0.2) is 11.5 Å². The van der Waals surface area contributed by atoms with Crippen LogP contribution in [0.3, 0.4) is 0 Å². The molecule has 0 aliphatic rings. The van der Waals surface area contributed by atoms with E-state index < -0.39 is 17.4 Å². The van der Waals surface area contributed by atoms with E-state index in [1.54, 1.807) is 36.4 Å². The van der Waals surface area contributed by atoms with Crippen LogP contribution in [0.4, 0.5) is 0 Å². The molecule has 0 unspecified atom stereocenters. The summed E-state index contributed by atoms with van der Waals surface area (Å²) in [6.07, 6.45) is 0. The third kappa shape index (κ3) is 2.73. The van der Waals surface area contributed by atoms with Crippen molar-refractivity contribution >= 4 is 16.7 Å². The van der Waals surface area contributed by atoms with E-state index in [-0.39, 0.29) is 10.9 Å². The molecule has 7 heteroatoms. The maximum Gasteiger partial charge on any atom is 0.372 e. The Morgan fingerprint density at radius 1 is 0.962 bits per heavy atom. The van der Waals surface area contributed by atoms with Crippen LogP contribution in [0, 0.1) is 0 Å². The lowest BCUT2D eigenvalue weighted by Gasteiger charge is -2.15. The van der Waals surface area contributed by atoms with Crippen LogP contribution in [0.2, 0.25) is 0 Å². The summed E-state index contributed by atoms with van der Waals surface area (Å²) in [6.45, 7) is 0.